The zero-order valence-corrected chi connectivity index (χ0v) is 7.43. The minimum absolute atomic E-state index is 0.330. The molecule has 0 bridgehead atoms. The number of rotatable bonds is 2. The molecular weight excluding hydrogens is 153 g/mol. The number of alkyl halides is 1. The molecule has 1 fully saturated rings. The van der Waals surface area contributed by atoms with Crippen molar-refractivity contribution in [1.29, 1.82) is 5.26 Å². The highest BCUT2D eigenvalue weighted by atomic mass is 19.1. The number of nitriles is 1. The van der Waals surface area contributed by atoms with Gasteiger partial charge in [0.15, 0.2) is 0 Å². The van der Waals surface area contributed by atoms with Gasteiger partial charge >= 0.3 is 0 Å². The summed E-state index contributed by atoms with van der Waals surface area (Å²) in [5, 5.41) is 8.68. The summed E-state index contributed by atoms with van der Waals surface area (Å²) in [6.07, 6.45) is 7.01. The molecule has 1 aliphatic rings. The molecule has 0 spiro atoms. The van der Waals surface area contributed by atoms with Gasteiger partial charge in [-0.3, -0.25) is 0 Å². The Hall–Kier alpha value is -0.580. The average Bonchev–Trinajstić information content (AvgIpc) is 2.35. The van der Waals surface area contributed by atoms with Crippen molar-refractivity contribution in [3.63, 3.8) is 0 Å². The van der Waals surface area contributed by atoms with Gasteiger partial charge in [0.25, 0.3) is 0 Å². The van der Waals surface area contributed by atoms with E-state index in [1.807, 2.05) is 0 Å². The number of hydrogen-bond donors (Lipinski definition) is 0. The Morgan fingerprint density at radius 2 is 1.83 bits per heavy atom. The number of halogens is 1. The molecular formula is C10H16FN. The SMILES string of the molecule is N#CC(CF)C1CCCCCC1. The highest BCUT2D eigenvalue weighted by Crippen LogP contribution is 2.28. The van der Waals surface area contributed by atoms with Crippen LogP contribution in [0, 0.1) is 23.2 Å². The molecule has 0 N–H and O–H groups in total. The van der Waals surface area contributed by atoms with Crippen LogP contribution < -0.4 is 0 Å². The third kappa shape index (κ3) is 2.48. The van der Waals surface area contributed by atoms with Crippen molar-refractivity contribution in [2.24, 2.45) is 11.8 Å². The summed E-state index contributed by atoms with van der Waals surface area (Å²) in [5.41, 5.74) is 0. The Morgan fingerprint density at radius 1 is 1.25 bits per heavy atom. The molecule has 1 unspecified atom stereocenters. The molecule has 0 heterocycles. The molecule has 12 heavy (non-hydrogen) atoms. The molecule has 0 saturated heterocycles. The third-order valence-electron chi connectivity index (χ3n) is 2.80. The normalized spacial score (nSPS) is 22.7. The summed E-state index contributed by atoms with van der Waals surface area (Å²) in [6, 6.07) is 2.07. The Bertz CT molecular complexity index is 154. The fourth-order valence-corrected chi connectivity index (χ4v) is 1.98. The Morgan fingerprint density at radius 3 is 2.25 bits per heavy atom. The Labute approximate surface area is 73.6 Å². The molecule has 0 radical (unpaired) electrons. The first kappa shape index (κ1) is 9.51. The lowest BCUT2D eigenvalue weighted by atomic mass is 9.88. The van der Waals surface area contributed by atoms with Crippen molar-refractivity contribution in [3.05, 3.63) is 0 Å². The van der Waals surface area contributed by atoms with E-state index in [1.54, 1.807) is 0 Å². The van der Waals surface area contributed by atoms with Crippen LogP contribution in [0.2, 0.25) is 0 Å². The molecule has 1 saturated carbocycles. The van der Waals surface area contributed by atoms with E-state index in [2.05, 4.69) is 6.07 Å². The standard InChI is InChI=1S/C10H16FN/c11-7-10(8-12)9-5-3-1-2-4-6-9/h9-10H,1-7H2. The van der Waals surface area contributed by atoms with Gasteiger partial charge in [-0.15, -0.1) is 0 Å². The zero-order chi connectivity index (χ0) is 8.81. The molecule has 68 valence electrons. The molecule has 0 aliphatic heterocycles. The van der Waals surface area contributed by atoms with Gasteiger partial charge in [0, 0.05) is 0 Å². The van der Waals surface area contributed by atoms with Crippen molar-refractivity contribution in [3.8, 4) is 6.07 Å². The monoisotopic (exact) mass is 169 g/mol. The first-order valence-electron chi connectivity index (χ1n) is 4.84. The molecule has 0 aromatic rings. The van der Waals surface area contributed by atoms with Crippen molar-refractivity contribution in [2.75, 3.05) is 6.67 Å². The molecule has 1 atom stereocenters. The number of nitrogens with zero attached hydrogens (tertiary/aromatic N) is 1. The van der Waals surface area contributed by atoms with Crippen molar-refractivity contribution in [1.82, 2.24) is 0 Å². The van der Waals surface area contributed by atoms with Gasteiger partial charge in [0.2, 0.25) is 0 Å². The summed E-state index contributed by atoms with van der Waals surface area (Å²) in [7, 11) is 0. The van der Waals surface area contributed by atoms with Crippen LogP contribution in [0.25, 0.3) is 0 Å². The van der Waals surface area contributed by atoms with E-state index in [1.165, 1.54) is 25.7 Å². The van der Waals surface area contributed by atoms with Gasteiger partial charge in [0.05, 0.1) is 12.0 Å². The maximum atomic E-state index is 12.4. The summed E-state index contributed by atoms with van der Waals surface area (Å²) < 4.78 is 12.4. The molecule has 1 aliphatic carbocycles. The van der Waals surface area contributed by atoms with Gasteiger partial charge in [-0.1, -0.05) is 25.7 Å². The lowest BCUT2D eigenvalue weighted by molar-refractivity contribution is 0.290. The lowest BCUT2D eigenvalue weighted by Crippen LogP contribution is -2.14. The predicted octanol–water partition coefficient (Wildman–Crippen LogP) is 3.07. The summed E-state index contributed by atoms with van der Waals surface area (Å²) in [5.74, 6) is 0.00519. The topological polar surface area (TPSA) is 23.8 Å². The zero-order valence-electron chi connectivity index (χ0n) is 7.43. The van der Waals surface area contributed by atoms with Gasteiger partial charge in [-0.2, -0.15) is 5.26 Å². The maximum absolute atomic E-state index is 12.4. The molecule has 2 heteroatoms. The quantitative estimate of drug-likeness (QED) is 0.583. The van der Waals surface area contributed by atoms with Crippen molar-refractivity contribution < 1.29 is 4.39 Å². The van der Waals surface area contributed by atoms with E-state index in [0.717, 1.165) is 12.8 Å². The van der Waals surface area contributed by atoms with E-state index < -0.39 is 6.67 Å². The van der Waals surface area contributed by atoms with Crippen LogP contribution in [0.3, 0.4) is 0 Å². The van der Waals surface area contributed by atoms with Gasteiger partial charge in [0.1, 0.15) is 6.67 Å². The van der Waals surface area contributed by atoms with Gasteiger partial charge < -0.3 is 0 Å². The van der Waals surface area contributed by atoms with Crippen LogP contribution in [0.4, 0.5) is 4.39 Å². The van der Waals surface area contributed by atoms with Gasteiger partial charge in [-0.25, -0.2) is 4.39 Å². The fourth-order valence-electron chi connectivity index (χ4n) is 1.98. The van der Waals surface area contributed by atoms with Crippen molar-refractivity contribution >= 4 is 0 Å². The van der Waals surface area contributed by atoms with Crippen LogP contribution in [0.1, 0.15) is 38.5 Å². The fraction of sp³-hybridized carbons (Fsp3) is 0.900. The van der Waals surface area contributed by atoms with Crippen LogP contribution in [-0.4, -0.2) is 6.67 Å². The summed E-state index contributed by atoms with van der Waals surface area (Å²) >= 11 is 0. The number of hydrogen-bond acceptors (Lipinski definition) is 1. The molecule has 0 amide bonds. The molecule has 1 nitrogen and oxygen atoms in total. The second-order valence-electron chi connectivity index (χ2n) is 3.64. The van der Waals surface area contributed by atoms with Crippen LogP contribution >= 0.6 is 0 Å². The smallest absolute Gasteiger partial charge is 0.105 e. The Kier molecular flexibility index (Phi) is 4.07. The second kappa shape index (κ2) is 5.13. The van der Waals surface area contributed by atoms with Gasteiger partial charge in [-0.05, 0) is 18.8 Å². The average molecular weight is 169 g/mol. The van der Waals surface area contributed by atoms with E-state index in [9.17, 15) is 4.39 Å². The van der Waals surface area contributed by atoms with E-state index in [4.69, 9.17) is 5.26 Å². The molecule has 0 aromatic heterocycles. The first-order valence-corrected chi connectivity index (χ1v) is 4.84. The summed E-state index contributed by atoms with van der Waals surface area (Å²) in [4.78, 5) is 0. The van der Waals surface area contributed by atoms with Crippen LogP contribution in [-0.2, 0) is 0 Å². The van der Waals surface area contributed by atoms with E-state index >= 15 is 0 Å². The first-order chi connectivity index (χ1) is 5.88. The molecule has 0 aromatic carbocycles. The lowest BCUT2D eigenvalue weighted by Gasteiger charge is -2.16. The maximum Gasteiger partial charge on any atom is 0.105 e. The highest BCUT2D eigenvalue weighted by molar-refractivity contribution is 4.88. The summed E-state index contributed by atoms with van der Waals surface area (Å²) in [6.45, 7) is -0.457. The largest absolute Gasteiger partial charge is 0.250 e. The minimum Gasteiger partial charge on any atom is -0.250 e. The molecule has 1 rings (SSSR count). The van der Waals surface area contributed by atoms with E-state index in [-0.39, 0.29) is 5.92 Å². The highest BCUT2D eigenvalue weighted by Gasteiger charge is 2.21. The Balaban J connectivity index is 2.42. The van der Waals surface area contributed by atoms with E-state index in [0.29, 0.717) is 5.92 Å². The van der Waals surface area contributed by atoms with Crippen molar-refractivity contribution in [2.45, 2.75) is 38.5 Å². The predicted molar refractivity (Wildman–Crippen MR) is 46.3 cm³/mol. The minimum atomic E-state index is -0.457. The third-order valence-corrected chi connectivity index (χ3v) is 2.80. The van der Waals surface area contributed by atoms with Crippen LogP contribution in [0.5, 0.6) is 0 Å². The second-order valence-corrected chi connectivity index (χ2v) is 3.64. The van der Waals surface area contributed by atoms with Crippen LogP contribution in [0.15, 0.2) is 0 Å².